The summed E-state index contributed by atoms with van der Waals surface area (Å²) < 4.78 is 5.89. The van der Waals surface area contributed by atoms with Gasteiger partial charge in [-0.15, -0.1) is 0 Å². The van der Waals surface area contributed by atoms with E-state index in [4.69, 9.17) is 4.74 Å². The fourth-order valence-electron chi connectivity index (χ4n) is 3.31. The first kappa shape index (κ1) is 21.1. The normalized spacial score (nSPS) is 16.0. The average molecular weight is 376 g/mol. The zero-order valence-corrected chi connectivity index (χ0v) is 17.5. The number of nitrogens with zero attached hydrogens (tertiary/aromatic N) is 3. The van der Waals surface area contributed by atoms with Gasteiger partial charge in [0.1, 0.15) is 12.4 Å². The lowest BCUT2D eigenvalue weighted by molar-refractivity contribution is -0.133. The number of unbranched alkanes of at least 4 members (excludes halogenated alkanes) is 1. The standard InChI is InChI=1S/C21H33N3O3/c1-7-8-11-24(15(2)3)20(25)13-17-14-27-19-10-9-16(21(26)22(4)5)12-18(19)23(17)6/h9-10,12,15,17H,7-8,11,13-14H2,1-6H3/t17-/m0/s1. The van der Waals surface area contributed by atoms with Gasteiger partial charge in [-0.05, 0) is 38.5 Å². The summed E-state index contributed by atoms with van der Waals surface area (Å²) in [4.78, 5) is 30.7. The predicted octanol–water partition coefficient (Wildman–Crippen LogP) is 3.01. The first-order valence-corrected chi connectivity index (χ1v) is 9.77. The molecule has 0 saturated carbocycles. The van der Waals surface area contributed by atoms with Crippen LogP contribution in [0.4, 0.5) is 5.69 Å². The molecule has 1 aromatic rings. The number of anilines is 1. The molecule has 0 saturated heterocycles. The molecule has 1 atom stereocenters. The summed E-state index contributed by atoms with van der Waals surface area (Å²) in [7, 11) is 5.44. The minimum absolute atomic E-state index is 0.0439. The summed E-state index contributed by atoms with van der Waals surface area (Å²) in [6.45, 7) is 7.51. The molecule has 6 heteroatoms. The lowest BCUT2D eigenvalue weighted by Gasteiger charge is -2.37. The van der Waals surface area contributed by atoms with Crippen molar-refractivity contribution < 1.29 is 14.3 Å². The van der Waals surface area contributed by atoms with Crippen LogP contribution in [0.1, 0.15) is 50.4 Å². The third-order valence-corrected chi connectivity index (χ3v) is 5.08. The summed E-state index contributed by atoms with van der Waals surface area (Å²) in [5.41, 5.74) is 1.48. The number of benzene rings is 1. The summed E-state index contributed by atoms with van der Waals surface area (Å²) in [6.07, 6.45) is 2.49. The lowest BCUT2D eigenvalue weighted by atomic mass is 10.1. The first-order chi connectivity index (χ1) is 12.8. The van der Waals surface area contributed by atoms with Crippen molar-refractivity contribution in [3.63, 3.8) is 0 Å². The van der Waals surface area contributed by atoms with E-state index in [0.717, 1.165) is 30.8 Å². The van der Waals surface area contributed by atoms with Gasteiger partial charge in [0, 0.05) is 39.3 Å². The smallest absolute Gasteiger partial charge is 0.253 e. The Bertz CT molecular complexity index is 673. The molecule has 150 valence electrons. The summed E-state index contributed by atoms with van der Waals surface area (Å²) in [5, 5.41) is 0. The maximum absolute atomic E-state index is 12.9. The minimum Gasteiger partial charge on any atom is -0.489 e. The maximum Gasteiger partial charge on any atom is 0.253 e. The Labute approximate surface area is 163 Å². The van der Waals surface area contributed by atoms with E-state index in [1.807, 2.05) is 24.1 Å². The van der Waals surface area contributed by atoms with E-state index in [2.05, 4.69) is 25.7 Å². The van der Waals surface area contributed by atoms with Crippen LogP contribution < -0.4 is 9.64 Å². The Morgan fingerprint density at radius 1 is 1.30 bits per heavy atom. The van der Waals surface area contributed by atoms with Crippen molar-refractivity contribution in [3.8, 4) is 5.75 Å². The van der Waals surface area contributed by atoms with Crippen molar-refractivity contribution in [1.82, 2.24) is 9.80 Å². The number of likely N-dealkylation sites (N-methyl/N-ethyl adjacent to an activating group) is 1. The molecule has 0 radical (unpaired) electrons. The molecular formula is C21H33N3O3. The van der Waals surface area contributed by atoms with E-state index in [9.17, 15) is 9.59 Å². The maximum atomic E-state index is 12.9. The van der Waals surface area contributed by atoms with E-state index < -0.39 is 0 Å². The van der Waals surface area contributed by atoms with Crippen LogP contribution in [0.5, 0.6) is 5.75 Å². The highest BCUT2D eigenvalue weighted by Crippen LogP contribution is 2.35. The van der Waals surface area contributed by atoms with E-state index in [1.54, 1.807) is 25.1 Å². The van der Waals surface area contributed by atoms with Gasteiger partial charge in [-0.1, -0.05) is 13.3 Å². The van der Waals surface area contributed by atoms with Gasteiger partial charge in [-0.3, -0.25) is 9.59 Å². The summed E-state index contributed by atoms with van der Waals surface area (Å²) in [5.74, 6) is 0.862. The van der Waals surface area contributed by atoms with Crippen LogP contribution in [0.2, 0.25) is 0 Å². The molecule has 0 bridgehead atoms. The molecular weight excluding hydrogens is 342 g/mol. The van der Waals surface area contributed by atoms with E-state index in [0.29, 0.717) is 18.6 Å². The van der Waals surface area contributed by atoms with Crippen LogP contribution in [-0.4, -0.2) is 68.0 Å². The third kappa shape index (κ3) is 4.93. The molecule has 0 spiro atoms. The highest BCUT2D eigenvalue weighted by Gasteiger charge is 2.29. The van der Waals surface area contributed by atoms with Crippen LogP contribution in [0.25, 0.3) is 0 Å². The number of amides is 2. The number of fused-ring (bicyclic) bond motifs is 1. The van der Waals surface area contributed by atoms with Crippen LogP contribution in [0.15, 0.2) is 18.2 Å². The number of carbonyl (C=O) groups excluding carboxylic acids is 2. The molecule has 0 aromatic heterocycles. The van der Waals surface area contributed by atoms with E-state index in [-0.39, 0.29) is 23.9 Å². The van der Waals surface area contributed by atoms with Gasteiger partial charge in [-0.25, -0.2) is 0 Å². The Hall–Kier alpha value is -2.24. The predicted molar refractivity (Wildman–Crippen MR) is 109 cm³/mol. The fourth-order valence-corrected chi connectivity index (χ4v) is 3.31. The van der Waals surface area contributed by atoms with Crippen LogP contribution in [0.3, 0.4) is 0 Å². The molecule has 0 unspecified atom stereocenters. The van der Waals surface area contributed by atoms with Crippen molar-refractivity contribution in [2.24, 2.45) is 0 Å². The number of hydrogen-bond acceptors (Lipinski definition) is 4. The second-order valence-electron chi connectivity index (χ2n) is 7.70. The monoisotopic (exact) mass is 375 g/mol. The van der Waals surface area contributed by atoms with Crippen molar-refractivity contribution in [2.75, 3.05) is 39.2 Å². The van der Waals surface area contributed by atoms with Gasteiger partial charge in [0.15, 0.2) is 0 Å². The van der Waals surface area contributed by atoms with Crippen LogP contribution >= 0.6 is 0 Å². The fraction of sp³-hybridized carbons (Fsp3) is 0.619. The molecule has 0 fully saturated rings. The third-order valence-electron chi connectivity index (χ3n) is 5.08. The molecule has 1 aliphatic rings. The zero-order chi connectivity index (χ0) is 20.1. The number of carbonyl (C=O) groups is 2. The molecule has 2 rings (SSSR count). The summed E-state index contributed by atoms with van der Waals surface area (Å²) >= 11 is 0. The van der Waals surface area contributed by atoms with Gasteiger partial charge >= 0.3 is 0 Å². The second kappa shape index (κ2) is 9.11. The number of rotatable bonds is 7. The largest absolute Gasteiger partial charge is 0.489 e. The second-order valence-corrected chi connectivity index (χ2v) is 7.70. The van der Waals surface area contributed by atoms with Crippen molar-refractivity contribution in [3.05, 3.63) is 23.8 Å². The first-order valence-electron chi connectivity index (χ1n) is 9.77. The molecule has 0 N–H and O–H groups in total. The number of ether oxygens (including phenoxy) is 1. The molecule has 0 aliphatic carbocycles. The Balaban J connectivity index is 2.15. The van der Waals surface area contributed by atoms with E-state index >= 15 is 0 Å². The molecule has 1 aliphatic heterocycles. The molecule has 27 heavy (non-hydrogen) atoms. The molecule has 1 aromatic carbocycles. The molecule has 6 nitrogen and oxygen atoms in total. The van der Waals surface area contributed by atoms with Crippen LogP contribution in [-0.2, 0) is 4.79 Å². The van der Waals surface area contributed by atoms with Gasteiger partial charge in [0.05, 0.1) is 18.2 Å². The van der Waals surface area contributed by atoms with Gasteiger partial charge in [0.25, 0.3) is 5.91 Å². The Morgan fingerprint density at radius 3 is 2.59 bits per heavy atom. The highest BCUT2D eigenvalue weighted by molar-refractivity contribution is 5.95. The van der Waals surface area contributed by atoms with Crippen molar-refractivity contribution in [2.45, 2.75) is 52.1 Å². The highest BCUT2D eigenvalue weighted by atomic mass is 16.5. The molecule has 2 amide bonds. The van der Waals surface area contributed by atoms with Crippen molar-refractivity contribution in [1.29, 1.82) is 0 Å². The quantitative estimate of drug-likeness (QED) is 0.735. The van der Waals surface area contributed by atoms with Gasteiger partial charge in [0.2, 0.25) is 5.91 Å². The van der Waals surface area contributed by atoms with Gasteiger partial charge in [-0.2, -0.15) is 0 Å². The van der Waals surface area contributed by atoms with Crippen molar-refractivity contribution >= 4 is 17.5 Å². The number of hydrogen-bond donors (Lipinski definition) is 0. The zero-order valence-electron chi connectivity index (χ0n) is 17.5. The SMILES string of the molecule is CCCCN(C(=O)C[C@H]1COc2ccc(C(=O)N(C)C)cc2N1C)C(C)C. The Kier molecular flexibility index (Phi) is 7.11. The van der Waals surface area contributed by atoms with Crippen LogP contribution in [0, 0.1) is 0 Å². The topological polar surface area (TPSA) is 53.1 Å². The lowest BCUT2D eigenvalue weighted by Crippen LogP contribution is -2.46. The Morgan fingerprint density at radius 2 is 2.00 bits per heavy atom. The average Bonchev–Trinajstić information content (AvgIpc) is 2.63. The minimum atomic E-state index is -0.0463. The van der Waals surface area contributed by atoms with Gasteiger partial charge < -0.3 is 19.4 Å². The van der Waals surface area contributed by atoms with E-state index in [1.165, 1.54) is 0 Å². The summed E-state index contributed by atoms with van der Waals surface area (Å²) in [6, 6.07) is 5.62. The molecule has 1 heterocycles.